The fourth-order valence-electron chi connectivity index (χ4n) is 1.11. The average molecular weight is 237 g/mol. The predicted molar refractivity (Wildman–Crippen MR) is 57.9 cm³/mol. The van der Waals surface area contributed by atoms with Crippen molar-refractivity contribution in [2.45, 2.75) is 26.4 Å². The fourth-order valence-corrected chi connectivity index (χ4v) is 1.69. The van der Waals surface area contributed by atoms with Crippen LogP contribution in [0.2, 0.25) is 0 Å². The van der Waals surface area contributed by atoms with Crippen LogP contribution in [0.1, 0.15) is 20.3 Å². The molecule has 0 N–H and O–H groups in total. The van der Waals surface area contributed by atoms with Crippen LogP contribution in [-0.2, 0) is 19.1 Å². The molecule has 90 valence electrons. The Labute approximate surface area is 91.5 Å². The van der Waals surface area contributed by atoms with E-state index >= 15 is 0 Å². The van der Waals surface area contributed by atoms with E-state index in [-0.39, 0.29) is 11.8 Å². The van der Waals surface area contributed by atoms with Crippen molar-refractivity contribution in [2.75, 3.05) is 20.4 Å². The highest BCUT2D eigenvalue weighted by Crippen LogP contribution is 2.12. The number of hydrogen-bond acceptors (Lipinski definition) is 4. The molecule has 0 saturated carbocycles. The van der Waals surface area contributed by atoms with Crippen LogP contribution in [0.3, 0.4) is 0 Å². The summed E-state index contributed by atoms with van der Waals surface area (Å²) in [7, 11) is -0.454. The SMILES string of the molecule is CC(C)C[C@@H](OS(C)(=O)=O)C(=O)N(C)C. The third-order valence-corrected chi connectivity index (χ3v) is 2.27. The molecule has 0 unspecified atom stereocenters. The van der Waals surface area contributed by atoms with Gasteiger partial charge in [0.05, 0.1) is 6.26 Å². The zero-order valence-corrected chi connectivity index (χ0v) is 10.7. The van der Waals surface area contributed by atoms with Crippen molar-refractivity contribution < 1.29 is 17.4 Å². The van der Waals surface area contributed by atoms with E-state index in [1.807, 2.05) is 13.8 Å². The molecule has 0 heterocycles. The predicted octanol–water partition coefficient (Wildman–Crippen LogP) is 0.466. The highest BCUT2D eigenvalue weighted by Gasteiger charge is 2.25. The normalized spacial score (nSPS) is 14.0. The van der Waals surface area contributed by atoms with Gasteiger partial charge in [-0.2, -0.15) is 8.42 Å². The molecule has 0 aromatic carbocycles. The summed E-state index contributed by atoms with van der Waals surface area (Å²) in [5.74, 6) is -0.130. The summed E-state index contributed by atoms with van der Waals surface area (Å²) >= 11 is 0. The minimum absolute atomic E-state index is 0.195. The summed E-state index contributed by atoms with van der Waals surface area (Å²) in [6.45, 7) is 3.81. The maximum absolute atomic E-state index is 11.6. The summed E-state index contributed by atoms with van der Waals surface area (Å²) in [6.07, 6.45) is 0.433. The van der Waals surface area contributed by atoms with Gasteiger partial charge in [-0.25, -0.2) is 0 Å². The molecule has 0 spiro atoms. The van der Waals surface area contributed by atoms with Gasteiger partial charge >= 0.3 is 0 Å². The van der Waals surface area contributed by atoms with Crippen LogP contribution >= 0.6 is 0 Å². The lowest BCUT2D eigenvalue weighted by atomic mass is 10.1. The van der Waals surface area contributed by atoms with Crippen LogP contribution in [0.25, 0.3) is 0 Å². The summed E-state index contributed by atoms with van der Waals surface area (Å²) in [6, 6.07) is 0. The quantitative estimate of drug-likeness (QED) is 0.652. The number of likely N-dealkylation sites (N-methyl/N-ethyl adjacent to an activating group) is 1. The van der Waals surface area contributed by atoms with Gasteiger partial charge in [-0.05, 0) is 12.3 Å². The van der Waals surface area contributed by atoms with Crippen molar-refractivity contribution in [1.29, 1.82) is 0 Å². The number of hydrogen-bond donors (Lipinski definition) is 0. The molecule has 0 bridgehead atoms. The molecule has 0 saturated heterocycles. The largest absolute Gasteiger partial charge is 0.347 e. The Kier molecular flexibility index (Phi) is 5.23. The number of carbonyl (C=O) groups excluding carboxylic acids is 1. The maximum Gasteiger partial charge on any atom is 0.265 e. The summed E-state index contributed by atoms with van der Waals surface area (Å²) in [4.78, 5) is 12.9. The molecular weight excluding hydrogens is 218 g/mol. The van der Waals surface area contributed by atoms with E-state index in [4.69, 9.17) is 4.18 Å². The molecule has 0 aromatic rings. The van der Waals surface area contributed by atoms with Gasteiger partial charge in [0.1, 0.15) is 0 Å². The van der Waals surface area contributed by atoms with E-state index in [2.05, 4.69) is 0 Å². The van der Waals surface area contributed by atoms with Crippen LogP contribution in [0.5, 0.6) is 0 Å². The maximum atomic E-state index is 11.6. The van der Waals surface area contributed by atoms with Gasteiger partial charge in [0, 0.05) is 14.1 Å². The van der Waals surface area contributed by atoms with Gasteiger partial charge in [-0.15, -0.1) is 0 Å². The van der Waals surface area contributed by atoms with E-state index in [1.165, 1.54) is 4.90 Å². The molecule has 0 aliphatic carbocycles. The summed E-state index contributed by atoms with van der Waals surface area (Å²) < 4.78 is 26.7. The molecule has 0 aliphatic rings. The highest BCUT2D eigenvalue weighted by molar-refractivity contribution is 7.86. The van der Waals surface area contributed by atoms with Crippen molar-refractivity contribution in [3.8, 4) is 0 Å². The second-order valence-electron chi connectivity index (χ2n) is 4.15. The fraction of sp³-hybridized carbons (Fsp3) is 0.889. The molecular formula is C9H19NO4S. The first-order valence-corrected chi connectivity index (χ1v) is 6.54. The Morgan fingerprint density at radius 3 is 2.07 bits per heavy atom. The van der Waals surface area contributed by atoms with Crippen LogP contribution in [0.4, 0.5) is 0 Å². The van der Waals surface area contributed by atoms with Crippen LogP contribution in [0.15, 0.2) is 0 Å². The number of carbonyl (C=O) groups is 1. The second kappa shape index (κ2) is 5.46. The molecule has 1 amide bonds. The van der Waals surface area contributed by atoms with Gasteiger partial charge in [0.15, 0.2) is 6.10 Å². The van der Waals surface area contributed by atoms with E-state index < -0.39 is 16.2 Å². The smallest absolute Gasteiger partial charge is 0.265 e. The standard InChI is InChI=1S/C9H19NO4S/c1-7(2)6-8(9(11)10(3)4)14-15(5,12)13/h7-8H,6H2,1-5H3/t8-/m1/s1. The molecule has 6 heteroatoms. The third kappa shape index (κ3) is 6.46. The first kappa shape index (κ1) is 14.4. The Balaban J connectivity index is 4.66. The topological polar surface area (TPSA) is 63.7 Å². The zero-order chi connectivity index (χ0) is 12.2. The van der Waals surface area contributed by atoms with Gasteiger partial charge in [0.2, 0.25) is 0 Å². The number of nitrogens with zero attached hydrogens (tertiary/aromatic N) is 1. The van der Waals surface area contributed by atoms with Crippen molar-refractivity contribution in [3.05, 3.63) is 0 Å². The molecule has 0 aliphatic heterocycles. The van der Waals surface area contributed by atoms with Crippen LogP contribution < -0.4 is 0 Å². The van der Waals surface area contributed by atoms with Crippen molar-refractivity contribution in [2.24, 2.45) is 5.92 Å². The Hall–Kier alpha value is -0.620. The second-order valence-corrected chi connectivity index (χ2v) is 5.75. The minimum atomic E-state index is -3.59. The highest BCUT2D eigenvalue weighted by atomic mass is 32.2. The molecule has 1 atom stereocenters. The molecule has 0 rings (SSSR count). The third-order valence-electron chi connectivity index (χ3n) is 1.69. The summed E-state index contributed by atoms with van der Waals surface area (Å²) in [5, 5.41) is 0. The van der Waals surface area contributed by atoms with E-state index in [1.54, 1.807) is 14.1 Å². The first-order valence-electron chi connectivity index (χ1n) is 4.73. The van der Waals surface area contributed by atoms with E-state index in [0.29, 0.717) is 6.42 Å². The lowest BCUT2D eigenvalue weighted by Gasteiger charge is -2.20. The molecule has 0 fully saturated rings. The average Bonchev–Trinajstić information content (AvgIpc) is 1.97. The lowest BCUT2D eigenvalue weighted by molar-refractivity contribution is -0.136. The van der Waals surface area contributed by atoms with Gasteiger partial charge in [0.25, 0.3) is 16.0 Å². The molecule has 0 aromatic heterocycles. The van der Waals surface area contributed by atoms with E-state index in [9.17, 15) is 13.2 Å². The monoisotopic (exact) mass is 237 g/mol. The molecule has 5 nitrogen and oxygen atoms in total. The first-order chi connectivity index (χ1) is 6.63. The molecule has 15 heavy (non-hydrogen) atoms. The summed E-state index contributed by atoms with van der Waals surface area (Å²) in [5.41, 5.74) is 0. The van der Waals surface area contributed by atoms with Crippen molar-refractivity contribution in [3.63, 3.8) is 0 Å². The molecule has 0 radical (unpaired) electrons. The lowest BCUT2D eigenvalue weighted by Crippen LogP contribution is -2.37. The van der Waals surface area contributed by atoms with Gasteiger partial charge < -0.3 is 4.90 Å². The van der Waals surface area contributed by atoms with Crippen molar-refractivity contribution in [1.82, 2.24) is 4.90 Å². The van der Waals surface area contributed by atoms with Crippen molar-refractivity contribution >= 4 is 16.0 Å². The number of amides is 1. The Morgan fingerprint density at radius 1 is 1.33 bits per heavy atom. The van der Waals surface area contributed by atoms with E-state index in [0.717, 1.165) is 6.26 Å². The number of rotatable bonds is 5. The Morgan fingerprint density at radius 2 is 1.80 bits per heavy atom. The van der Waals surface area contributed by atoms with Gasteiger partial charge in [-0.1, -0.05) is 13.8 Å². The zero-order valence-electron chi connectivity index (χ0n) is 9.85. The van der Waals surface area contributed by atoms with Gasteiger partial charge in [-0.3, -0.25) is 8.98 Å². The van der Waals surface area contributed by atoms with Crippen LogP contribution in [0, 0.1) is 5.92 Å². The van der Waals surface area contributed by atoms with Crippen LogP contribution in [-0.4, -0.2) is 45.7 Å². The minimum Gasteiger partial charge on any atom is -0.347 e. The Bertz CT molecular complexity index is 308.